The Hall–Kier alpha value is 0.494. The van der Waals surface area contributed by atoms with Crippen molar-refractivity contribution in [3.8, 4) is 0 Å². The molecule has 2 heterocycles. The third kappa shape index (κ3) is 8.06. The van der Waals surface area contributed by atoms with Crippen molar-refractivity contribution in [2.24, 2.45) is 5.92 Å². The molecule has 1 radical (unpaired) electrons. The summed E-state index contributed by atoms with van der Waals surface area (Å²) in [5.74, 6) is 1.20. The van der Waals surface area contributed by atoms with Crippen LogP contribution in [0.25, 0.3) is 5.32 Å². The van der Waals surface area contributed by atoms with Crippen molar-refractivity contribution in [3.05, 3.63) is 5.32 Å². The molecule has 0 saturated carbocycles. The van der Waals surface area contributed by atoms with E-state index >= 15 is 0 Å². The van der Waals surface area contributed by atoms with Gasteiger partial charge in [-0.1, -0.05) is 27.2 Å². The molecule has 0 aromatic carbocycles. The number of carbonyl (C=O) groups is 1. The fourth-order valence-electron chi connectivity index (χ4n) is 2.87. The molecule has 0 aromatic heterocycles. The Kier molecular flexibility index (Phi) is 13.3. The van der Waals surface area contributed by atoms with E-state index in [1.807, 2.05) is 13.8 Å². The third-order valence-corrected chi connectivity index (χ3v) is 4.34. The van der Waals surface area contributed by atoms with E-state index in [9.17, 15) is 4.79 Å². The van der Waals surface area contributed by atoms with E-state index in [2.05, 4.69) is 22.0 Å². The minimum atomic E-state index is 0. The summed E-state index contributed by atoms with van der Waals surface area (Å²) < 4.78 is 0. The Morgan fingerprint density at radius 3 is 2.19 bits per heavy atom. The van der Waals surface area contributed by atoms with Crippen LogP contribution in [0.5, 0.6) is 0 Å². The SMILES string of the molecule is CC.CCC1CCN(C(=O)CCN2CC[N-]CC2)CC1.[Y]. The summed E-state index contributed by atoms with van der Waals surface area (Å²) in [6, 6.07) is 0. The molecule has 0 atom stereocenters. The van der Waals surface area contributed by atoms with Crippen LogP contribution in [-0.4, -0.2) is 61.5 Å². The van der Waals surface area contributed by atoms with Gasteiger partial charge in [0.25, 0.3) is 0 Å². The number of likely N-dealkylation sites (tertiary alicyclic amines) is 1. The number of rotatable bonds is 4. The summed E-state index contributed by atoms with van der Waals surface area (Å²) in [4.78, 5) is 16.5. The van der Waals surface area contributed by atoms with E-state index in [0.29, 0.717) is 12.3 Å². The maximum Gasteiger partial charge on any atom is 0.223 e. The number of hydrogen-bond donors (Lipinski definition) is 0. The summed E-state index contributed by atoms with van der Waals surface area (Å²) in [7, 11) is 0. The van der Waals surface area contributed by atoms with Gasteiger partial charge in [0.2, 0.25) is 5.91 Å². The van der Waals surface area contributed by atoms with Gasteiger partial charge in [-0.3, -0.25) is 4.79 Å². The Labute approximate surface area is 156 Å². The zero-order valence-electron chi connectivity index (χ0n) is 14.2. The van der Waals surface area contributed by atoms with Gasteiger partial charge in [-0.05, 0) is 31.8 Å². The number of hydrogen-bond acceptors (Lipinski definition) is 2. The first-order valence-corrected chi connectivity index (χ1v) is 8.43. The minimum Gasteiger partial charge on any atom is -0.660 e. The monoisotopic (exact) mass is 371 g/mol. The molecule has 5 heteroatoms. The average molecular weight is 371 g/mol. The van der Waals surface area contributed by atoms with Gasteiger partial charge in [0.15, 0.2) is 0 Å². The molecule has 1 amide bonds. The van der Waals surface area contributed by atoms with Crippen molar-refractivity contribution < 1.29 is 37.5 Å². The molecular weight excluding hydrogens is 339 g/mol. The second-order valence-corrected chi connectivity index (χ2v) is 5.49. The quantitative estimate of drug-likeness (QED) is 0.762. The van der Waals surface area contributed by atoms with Gasteiger partial charge in [-0.2, -0.15) is 0 Å². The van der Waals surface area contributed by atoms with Crippen LogP contribution < -0.4 is 0 Å². The first-order valence-electron chi connectivity index (χ1n) is 8.43. The molecule has 2 saturated heterocycles. The smallest absolute Gasteiger partial charge is 0.223 e. The average Bonchev–Trinajstić information content (AvgIpc) is 2.55. The van der Waals surface area contributed by atoms with E-state index < -0.39 is 0 Å². The van der Waals surface area contributed by atoms with Crippen molar-refractivity contribution in [1.29, 1.82) is 0 Å². The topological polar surface area (TPSA) is 37.7 Å². The molecule has 2 aliphatic rings. The Balaban J connectivity index is 0.00000128. The molecule has 0 N–H and O–H groups in total. The molecule has 0 bridgehead atoms. The maximum absolute atomic E-state index is 12.1. The van der Waals surface area contributed by atoms with Crippen LogP contribution in [0.2, 0.25) is 0 Å². The second-order valence-electron chi connectivity index (χ2n) is 5.49. The van der Waals surface area contributed by atoms with E-state index in [1.165, 1.54) is 19.3 Å². The molecule has 21 heavy (non-hydrogen) atoms. The van der Waals surface area contributed by atoms with Gasteiger partial charge in [-0.15, -0.1) is 13.1 Å². The van der Waals surface area contributed by atoms with Crippen LogP contribution in [-0.2, 0) is 37.5 Å². The Morgan fingerprint density at radius 1 is 1.10 bits per heavy atom. The van der Waals surface area contributed by atoms with Crippen molar-refractivity contribution in [2.75, 3.05) is 45.8 Å². The van der Waals surface area contributed by atoms with Crippen molar-refractivity contribution in [3.63, 3.8) is 0 Å². The fourth-order valence-corrected chi connectivity index (χ4v) is 2.87. The predicted octanol–water partition coefficient (Wildman–Crippen LogP) is 2.74. The summed E-state index contributed by atoms with van der Waals surface area (Å²) in [5.41, 5.74) is 0. The van der Waals surface area contributed by atoms with Gasteiger partial charge < -0.3 is 15.1 Å². The molecule has 121 valence electrons. The first-order chi connectivity index (χ1) is 9.79. The number of piperidine rings is 1. The normalized spacial score (nSPS) is 20.2. The molecule has 0 aliphatic carbocycles. The standard InChI is InChI=1S/C14H26N3O.C2H6.Y/c1-2-13-3-9-17(10-4-13)14(18)5-8-16-11-6-15-7-12-16;1-2;/h13H,2-12H2,1H3;1-2H3;/q-1;;. The third-order valence-electron chi connectivity index (χ3n) is 4.34. The zero-order valence-corrected chi connectivity index (χ0v) is 17.0. The minimum absolute atomic E-state index is 0. The van der Waals surface area contributed by atoms with Crippen LogP contribution >= 0.6 is 0 Å². The first kappa shape index (κ1) is 21.5. The van der Waals surface area contributed by atoms with Crippen molar-refractivity contribution in [1.82, 2.24) is 9.80 Å². The number of amides is 1. The maximum atomic E-state index is 12.1. The van der Waals surface area contributed by atoms with E-state index in [-0.39, 0.29) is 32.7 Å². The van der Waals surface area contributed by atoms with Crippen LogP contribution in [0.15, 0.2) is 0 Å². The summed E-state index contributed by atoms with van der Waals surface area (Å²) in [6.45, 7) is 13.1. The Morgan fingerprint density at radius 2 is 1.67 bits per heavy atom. The van der Waals surface area contributed by atoms with Gasteiger partial charge in [0, 0.05) is 58.8 Å². The van der Waals surface area contributed by atoms with Crippen molar-refractivity contribution in [2.45, 2.75) is 46.5 Å². The molecule has 2 fully saturated rings. The van der Waals surface area contributed by atoms with Crippen molar-refractivity contribution >= 4 is 5.91 Å². The second kappa shape index (κ2) is 13.0. The van der Waals surface area contributed by atoms with Crippen LogP contribution in [0.1, 0.15) is 46.5 Å². The largest absolute Gasteiger partial charge is 0.660 e. The number of piperazine rings is 1. The molecule has 0 aromatic rings. The summed E-state index contributed by atoms with van der Waals surface area (Å²) >= 11 is 0. The molecular formula is C16H32N3OY-. The fraction of sp³-hybridized carbons (Fsp3) is 0.938. The van der Waals surface area contributed by atoms with E-state index in [4.69, 9.17) is 0 Å². The van der Waals surface area contributed by atoms with Gasteiger partial charge >= 0.3 is 0 Å². The zero-order chi connectivity index (χ0) is 14.8. The van der Waals surface area contributed by atoms with E-state index in [0.717, 1.165) is 51.7 Å². The molecule has 0 spiro atoms. The van der Waals surface area contributed by atoms with Crippen LogP contribution in [0.3, 0.4) is 0 Å². The van der Waals surface area contributed by atoms with Crippen LogP contribution in [0.4, 0.5) is 0 Å². The van der Waals surface area contributed by atoms with Crippen LogP contribution in [0, 0.1) is 5.92 Å². The van der Waals surface area contributed by atoms with Gasteiger partial charge in [0.1, 0.15) is 0 Å². The molecule has 4 nitrogen and oxygen atoms in total. The summed E-state index contributed by atoms with van der Waals surface area (Å²) in [5, 5.41) is 4.32. The molecule has 2 aliphatic heterocycles. The molecule has 2 rings (SSSR count). The van der Waals surface area contributed by atoms with E-state index in [1.54, 1.807) is 0 Å². The number of carbonyl (C=O) groups excluding carboxylic acids is 1. The van der Waals surface area contributed by atoms with Gasteiger partial charge in [-0.25, -0.2) is 0 Å². The number of nitrogens with zero attached hydrogens (tertiary/aromatic N) is 3. The summed E-state index contributed by atoms with van der Waals surface area (Å²) in [6.07, 6.45) is 4.35. The predicted molar refractivity (Wildman–Crippen MR) is 85.1 cm³/mol. The van der Waals surface area contributed by atoms with Gasteiger partial charge in [0.05, 0.1) is 0 Å². The Bertz CT molecular complexity index is 262. The molecule has 0 unspecified atom stereocenters.